The Kier molecular flexibility index (Phi) is 3.90. The van der Waals surface area contributed by atoms with E-state index in [2.05, 4.69) is 21.2 Å². The Bertz CT molecular complexity index is 569. The number of rotatable bonds is 3. The van der Waals surface area contributed by atoms with Gasteiger partial charge in [-0.25, -0.2) is 4.79 Å². The van der Waals surface area contributed by atoms with Crippen molar-refractivity contribution in [1.82, 2.24) is 10.2 Å². The molecule has 0 spiro atoms. The van der Waals surface area contributed by atoms with Gasteiger partial charge in [0.15, 0.2) is 0 Å². The fourth-order valence-electron chi connectivity index (χ4n) is 1.83. The van der Waals surface area contributed by atoms with Gasteiger partial charge in [-0.15, -0.1) is 0 Å². The molecule has 1 aliphatic heterocycles. The summed E-state index contributed by atoms with van der Waals surface area (Å²) in [5.74, 6) is 0.308. The molecule has 0 aromatic heterocycles. The Morgan fingerprint density at radius 3 is 2.74 bits per heavy atom. The minimum atomic E-state index is -0.396. The monoisotopic (exact) mass is 324 g/mol. The zero-order valence-electron chi connectivity index (χ0n) is 10.6. The van der Waals surface area contributed by atoms with Gasteiger partial charge in [-0.1, -0.05) is 15.9 Å². The maximum atomic E-state index is 12.0. The lowest BCUT2D eigenvalue weighted by molar-refractivity contribution is -0.122. The van der Waals surface area contributed by atoms with Crippen molar-refractivity contribution in [3.8, 4) is 5.75 Å². The van der Waals surface area contributed by atoms with Crippen LogP contribution < -0.4 is 10.1 Å². The summed E-state index contributed by atoms with van der Waals surface area (Å²) in [4.78, 5) is 24.7. The lowest BCUT2D eigenvalue weighted by atomic mass is 10.1. The van der Waals surface area contributed by atoms with Crippen molar-refractivity contribution in [1.29, 1.82) is 0 Å². The summed E-state index contributed by atoms with van der Waals surface area (Å²) in [5, 5.41) is 2.55. The molecule has 0 atom stereocenters. The highest BCUT2D eigenvalue weighted by atomic mass is 79.9. The highest BCUT2D eigenvalue weighted by Gasteiger charge is 2.32. The van der Waals surface area contributed by atoms with Gasteiger partial charge >= 0.3 is 6.03 Å². The van der Waals surface area contributed by atoms with Crippen LogP contribution in [0.5, 0.6) is 5.75 Å². The quantitative estimate of drug-likeness (QED) is 0.686. The van der Waals surface area contributed by atoms with Gasteiger partial charge in [0.2, 0.25) is 0 Å². The number of benzene rings is 1. The van der Waals surface area contributed by atoms with Crippen molar-refractivity contribution in [2.45, 2.75) is 6.92 Å². The van der Waals surface area contributed by atoms with Crippen LogP contribution in [0.1, 0.15) is 12.5 Å². The molecule has 0 saturated carbocycles. The van der Waals surface area contributed by atoms with Crippen LogP contribution in [-0.4, -0.2) is 30.5 Å². The Morgan fingerprint density at radius 1 is 1.42 bits per heavy atom. The van der Waals surface area contributed by atoms with Gasteiger partial charge < -0.3 is 10.1 Å². The van der Waals surface area contributed by atoms with Gasteiger partial charge in [0.05, 0.1) is 7.11 Å². The van der Waals surface area contributed by atoms with Crippen LogP contribution in [0.2, 0.25) is 0 Å². The Balaban J connectivity index is 2.40. The number of hydrogen-bond acceptors (Lipinski definition) is 3. The molecular weight excluding hydrogens is 312 g/mol. The van der Waals surface area contributed by atoms with Crippen LogP contribution in [0.3, 0.4) is 0 Å². The van der Waals surface area contributed by atoms with Crippen molar-refractivity contribution in [3.05, 3.63) is 33.9 Å². The molecule has 1 N–H and O–H groups in total. The van der Waals surface area contributed by atoms with Crippen LogP contribution in [-0.2, 0) is 4.79 Å². The van der Waals surface area contributed by atoms with Gasteiger partial charge in [-0.3, -0.25) is 9.69 Å². The molecular formula is C13H13BrN2O3. The fraction of sp³-hybridized carbons (Fsp3) is 0.231. The van der Waals surface area contributed by atoms with E-state index in [1.54, 1.807) is 26.2 Å². The van der Waals surface area contributed by atoms with Crippen molar-refractivity contribution < 1.29 is 14.3 Å². The molecule has 6 heteroatoms. The molecule has 0 aliphatic carbocycles. The summed E-state index contributed by atoms with van der Waals surface area (Å²) >= 11 is 3.36. The molecule has 1 aromatic carbocycles. The number of nitrogens with zero attached hydrogens (tertiary/aromatic N) is 1. The van der Waals surface area contributed by atoms with Crippen LogP contribution in [0.25, 0.3) is 6.08 Å². The van der Waals surface area contributed by atoms with Gasteiger partial charge in [0.25, 0.3) is 5.91 Å². The molecule has 0 radical (unpaired) electrons. The normalized spacial score (nSPS) is 17.0. The Morgan fingerprint density at radius 2 is 2.16 bits per heavy atom. The highest BCUT2D eigenvalue weighted by Crippen LogP contribution is 2.26. The van der Waals surface area contributed by atoms with Crippen LogP contribution in [0.4, 0.5) is 4.79 Å². The van der Waals surface area contributed by atoms with E-state index < -0.39 is 6.03 Å². The Hall–Kier alpha value is -1.82. The summed E-state index contributed by atoms with van der Waals surface area (Å²) in [6.07, 6.45) is 1.61. The maximum Gasteiger partial charge on any atom is 0.328 e. The van der Waals surface area contributed by atoms with Gasteiger partial charge in [-0.05, 0) is 31.2 Å². The second-order valence-corrected chi connectivity index (χ2v) is 4.84. The summed E-state index contributed by atoms with van der Waals surface area (Å²) in [6.45, 7) is 2.09. The minimum absolute atomic E-state index is 0.253. The van der Waals surface area contributed by atoms with E-state index in [1.165, 1.54) is 0 Å². The van der Waals surface area contributed by atoms with Crippen molar-refractivity contribution in [2.24, 2.45) is 0 Å². The summed E-state index contributed by atoms with van der Waals surface area (Å²) in [6, 6.07) is 5.05. The van der Waals surface area contributed by atoms with E-state index in [-0.39, 0.29) is 11.6 Å². The fourth-order valence-corrected chi connectivity index (χ4v) is 2.21. The third kappa shape index (κ3) is 2.63. The van der Waals surface area contributed by atoms with E-state index in [4.69, 9.17) is 4.74 Å². The average molecular weight is 325 g/mol. The summed E-state index contributed by atoms with van der Waals surface area (Å²) in [7, 11) is 1.55. The SMILES string of the molecule is CCN1C(=O)N/C(=C/c2cc(Br)ccc2OC)C1=O. The van der Waals surface area contributed by atoms with Crippen molar-refractivity contribution in [2.75, 3.05) is 13.7 Å². The molecule has 19 heavy (non-hydrogen) atoms. The number of amides is 3. The number of methoxy groups -OCH3 is 1. The average Bonchev–Trinajstić information content (AvgIpc) is 2.64. The smallest absolute Gasteiger partial charge is 0.328 e. The van der Waals surface area contributed by atoms with Crippen molar-refractivity contribution in [3.63, 3.8) is 0 Å². The molecule has 1 fully saturated rings. The number of carbonyl (C=O) groups excluding carboxylic acids is 2. The predicted octanol–water partition coefficient (Wildman–Crippen LogP) is 2.37. The number of hydrogen-bond donors (Lipinski definition) is 1. The molecule has 2 rings (SSSR count). The number of ether oxygens (including phenoxy) is 1. The number of imide groups is 1. The van der Waals surface area contributed by atoms with Crippen LogP contribution >= 0.6 is 15.9 Å². The molecule has 0 unspecified atom stereocenters. The summed E-state index contributed by atoms with van der Waals surface area (Å²) < 4.78 is 6.09. The lowest BCUT2D eigenvalue weighted by Crippen LogP contribution is -2.30. The molecule has 100 valence electrons. The maximum absolute atomic E-state index is 12.0. The number of urea groups is 1. The first-order chi connectivity index (χ1) is 9.06. The molecule has 1 aliphatic rings. The lowest BCUT2D eigenvalue weighted by Gasteiger charge is -2.07. The highest BCUT2D eigenvalue weighted by molar-refractivity contribution is 9.10. The zero-order valence-corrected chi connectivity index (χ0v) is 12.2. The number of nitrogens with one attached hydrogen (secondary N) is 1. The standard InChI is InChI=1S/C13H13BrN2O3/c1-3-16-12(17)10(15-13(16)18)7-8-6-9(14)4-5-11(8)19-2/h4-7H,3H2,1-2H3,(H,15,18)/b10-7+. The topological polar surface area (TPSA) is 58.6 Å². The zero-order chi connectivity index (χ0) is 14.0. The molecule has 3 amide bonds. The van der Waals surface area contributed by atoms with E-state index >= 15 is 0 Å². The van der Waals surface area contributed by atoms with E-state index in [1.807, 2.05) is 12.1 Å². The molecule has 1 saturated heterocycles. The number of likely N-dealkylation sites (N-methyl/N-ethyl adjacent to an activating group) is 1. The third-order valence-corrected chi connectivity index (χ3v) is 3.26. The van der Waals surface area contributed by atoms with E-state index in [0.29, 0.717) is 12.3 Å². The van der Waals surface area contributed by atoms with Crippen LogP contribution in [0.15, 0.2) is 28.4 Å². The van der Waals surface area contributed by atoms with Gasteiger partial charge in [-0.2, -0.15) is 0 Å². The van der Waals surface area contributed by atoms with Crippen LogP contribution in [0, 0.1) is 0 Å². The number of carbonyl (C=O) groups is 2. The summed E-state index contributed by atoms with van der Waals surface area (Å²) in [5.41, 5.74) is 0.974. The largest absolute Gasteiger partial charge is 0.496 e. The Labute approximate surface area is 119 Å². The first-order valence-electron chi connectivity index (χ1n) is 5.75. The van der Waals surface area contributed by atoms with E-state index in [9.17, 15) is 9.59 Å². The predicted molar refractivity (Wildman–Crippen MR) is 74.6 cm³/mol. The molecule has 1 heterocycles. The third-order valence-electron chi connectivity index (χ3n) is 2.77. The van der Waals surface area contributed by atoms with Crippen molar-refractivity contribution >= 4 is 33.9 Å². The first-order valence-corrected chi connectivity index (χ1v) is 6.54. The number of halogens is 1. The first kappa shape index (κ1) is 13.6. The molecule has 5 nitrogen and oxygen atoms in total. The minimum Gasteiger partial charge on any atom is -0.496 e. The van der Waals surface area contributed by atoms with E-state index in [0.717, 1.165) is 14.9 Å². The molecule has 1 aromatic rings. The van der Waals surface area contributed by atoms with Gasteiger partial charge in [0, 0.05) is 16.6 Å². The second-order valence-electron chi connectivity index (χ2n) is 3.92. The molecule has 0 bridgehead atoms. The van der Waals surface area contributed by atoms with Gasteiger partial charge in [0.1, 0.15) is 11.4 Å². The second kappa shape index (κ2) is 5.44.